The molecule has 0 amide bonds. The molecule has 1 atom stereocenters. The monoisotopic (exact) mass is 367 g/mol. The van der Waals surface area contributed by atoms with Crippen LogP contribution < -0.4 is 5.32 Å². The first kappa shape index (κ1) is 16.8. The molecule has 3 aromatic rings. The number of anilines is 1. The van der Waals surface area contributed by atoms with E-state index in [1.807, 2.05) is 6.92 Å². The van der Waals surface area contributed by atoms with E-state index in [1.54, 1.807) is 30.3 Å². The maximum atomic E-state index is 13.5. The van der Waals surface area contributed by atoms with Gasteiger partial charge in [0.2, 0.25) is 5.13 Å². The van der Waals surface area contributed by atoms with E-state index in [-0.39, 0.29) is 5.25 Å². The number of nitrogens with one attached hydrogen (secondary N) is 1. The molecular formula is C15H15F2N5S2. The van der Waals surface area contributed by atoms with Crippen molar-refractivity contribution in [1.82, 2.24) is 19.7 Å². The third kappa shape index (κ3) is 3.41. The largest absolute Gasteiger partial charge is 0.357 e. The van der Waals surface area contributed by atoms with Gasteiger partial charge >= 0.3 is 6.55 Å². The van der Waals surface area contributed by atoms with Crippen molar-refractivity contribution < 1.29 is 8.78 Å². The van der Waals surface area contributed by atoms with Gasteiger partial charge in [-0.2, -0.15) is 8.78 Å². The third-order valence-electron chi connectivity index (χ3n) is 3.26. The van der Waals surface area contributed by atoms with Gasteiger partial charge in [0.15, 0.2) is 4.34 Å². The van der Waals surface area contributed by atoms with Gasteiger partial charge in [-0.1, -0.05) is 41.3 Å². The van der Waals surface area contributed by atoms with E-state index < -0.39 is 6.55 Å². The van der Waals surface area contributed by atoms with Crippen LogP contribution in [0.4, 0.5) is 13.9 Å². The Labute approximate surface area is 145 Å². The Morgan fingerprint density at radius 2 is 2.17 bits per heavy atom. The van der Waals surface area contributed by atoms with Gasteiger partial charge in [-0.25, -0.2) is 4.98 Å². The van der Waals surface area contributed by atoms with Crippen LogP contribution in [0.2, 0.25) is 0 Å². The van der Waals surface area contributed by atoms with E-state index in [1.165, 1.54) is 23.1 Å². The first-order valence-electron chi connectivity index (χ1n) is 7.20. The molecule has 0 aliphatic rings. The molecule has 3 rings (SSSR count). The minimum absolute atomic E-state index is 0.286. The molecule has 2 heterocycles. The molecule has 1 aromatic carbocycles. The van der Waals surface area contributed by atoms with Gasteiger partial charge in [0.1, 0.15) is 5.82 Å². The average molecular weight is 367 g/mol. The number of thioether (sulfide) groups is 1. The maximum absolute atomic E-state index is 13.5. The van der Waals surface area contributed by atoms with E-state index >= 15 is 0 Å². The van der Waals surface area contributed by atoms with Crippen LogP contribution in [-0.4, -0.2) is 26.3 Å². The third-order valence-corrected chi connectivity index (χ3v) is 5.33. The van der Waals surface area contributed by atoms with Gasteiger partial charge in [-0.05, 0) is 19.1 Å². The lowest BCUT2D eigenvalue weighted by Crippen LogP contribution is -2.06. The second-order valence-electron chi connectivity index (χ2n) is 4.91. The summed E-state index contributed by atoms with van der Waals surface area (Å²) in [4.78, 5) is 4.38. The molecule has 2 aromatic heterocycles. The van der Waals surface area contributed by atoms with E-state index in [0.717, 1.165) is 4.57 Å². The van der Waals surface area contributed by atoms with Gasteiger partial charge in [-0.3, -0.25) is 4.57 Å². The molecule has 9 heteroatoms. The van der Waals surface area contributed by atoms with Gasteiger partial charge < -0.3 is 5.32 Å². The summed E-state index contributed by atoms with van der Waals surface area (Å²) in [5, 5.41) is 11.5. The summed E-state index contributed by atoms with van der Waals surface area (Å²) in [5.74, 6) is 0.326. The zero-order valence-corrected chi connectivity index (χ0v) is 14.4. The number of imidazole rings is 1. The highest BCUT2D eigenvalue weighted by Gasteiger charge is 2.23. The predicted octanol–water partition coefficient (Wildman–Crippen LogP) is 4.73. The van der Waals surface area contributed by atoms with Crippen molar-refractivity contribution in [1.29, 1.82) is 0 Å². The number of alkyl halides is 2. The van der Waals surface area contributed by atoms with Crippen molar-refractivity contribution in [2.45, 2.75) is 23.1 Å². The summed E-state index contributed by atoms with van der Waals surface area (Å²) in [6.45, 7) is 3.41. The van der Waals surface area contributed by atoms with Crippen molar-refractivity contribution in [2.24, 2.45) is 0 Å². The molecule has 0 aliphatic heterocycles. The van der Waals surface area contributed by atoms with E-state index in [4.69, 9.17) is 0 Å². The number of nitrogens with zero attached hydrogens (tertiary/aromatic N) is 4. The Bertz CT molecular complexity index is 845. The fourth-order valence-electron chi connectivity index (χ4n) is 2.25. The molecule has 0 saturated heterocycles. The van der Waals surface area contributed by atoms with Crippen LogP contribution in [0, 0.1) is 0 Å². The zero-order valence-electron chi connectivity index (χ0n) is 12.8. The molecule has 0 aliphatic carbocycles. The quantitative estimate of drug-likeness (QED) is 0.483. The number of fused-ring (bicyclic) bond motifs is 1. The predicted molar refractivity (Wildman–Crippen MR) is 93.9 cm³/mol. The summed E-state index contributed by atoms with van der Waals surface area (Å²) < 4.78 is 28.7. The molecule has 0 bridgehead atoms. The number of hydrogen-bond donors (Lipinski definition) is 1. The molecule has 24 heavy (non-hydrogen) atoms. The molecular weight excluding hydrogens is 352 g/mol. The topological polar surface area (TPSA) is 55.6 Å². The number of halogens is 2. The van der Waals surface area contributed by atoms with Crippen LogP contribution in [0.15, 0.2) is 41.3 Å². The van der Waals surface area contributed by atoms with Gasteiger partial charge in [0.25, 0.3) is 0 Å². The van der Waals surface area contributed by atoms with Crippen LogP contribution in [0.25, 0.3) is 11.0 Å². The lowest BCUT2D eigenvalue weighted by molar-refractivity contribution is 0.0715. The summed E-state index contributed by atoms with van der Waals surface area (Å²) in [6.07, 6.45) is 1.72. The highest BCUT2D eigenvalue weighted by molar-refractivity contribution is 8.01. The molecule has 1 N–H and O–H groups in total. The lowest BCUT2D eigenvalue weighted by atomic mass is 10.3. The Hall–Kier alpha value is -2.00. The highest BCUT2D eigenvalue weighted by Crippen LogP contribution is 2.39. The number of benzene rings is 1. The SMILES string of the molecule is C=CCNc1nnc(S[C@@H](C)c2nc3ccccc3n2C(F)F)s1. The average Bonchev–Trinajstić information content (AvgIpc) is 3.16. The zero-order chi connectivity index (χ0) is 17.1. The number of hydrogen-bond acceptors (Lipinski definition) is 6. The normalized spacial score (nSPS) is 12.7. The Balaban J connectivity index is 1.85. The Morgan fingerprint density at radius 3 is 2.92 bits per heavy atom. The first-order chi connectivity index (χ1) is 11.6. The molecule has 0 fully saturated rings. The summed E-state index contributed by atoms with van der Waals surface area (Å²) in [5.41, 5.74) is 0.992. The fourth-order valence-corrected chi connectivity index (χ4v) is 4.26. The van der Waals surface area contributed by atoms with Crippen molar-refractivity contribution in [3.8, 4) is 0 Å². The van der Waals surface area contributed by atoms with Crippen LogP contribution in [0.3, 0.4) is 0 Å². The maximum Gasteiger partial charge on any atom is 0.320 e. The molecule has 0 spiro atoms. The van der Waals surface area contributed by atoms with Crippen LogP contribution in [-0.2, 0) is 0 Å². The molecule has 0 radical (unpaired) electrons. The van der Waals surface area contributed by atoms with Crippen molar-refractivity contribution in [3.63, 3.8) is 0 Å². The summed E-state index contributed by atoms with van der Waals surface area (Å²) in [7, 11) is 0. The minimum atomic E-state index is -2.64. The minimum Gasteiger partial charge on any atom is -0.357 e. The van der Waals surface area contributed by atoms with Crippen molar-refractivity contribution >= 4 is 39.3 Å². The summed E-state index contributed by atoms with van der Waals surface area (Å²) >= 11 is 2.73. The lowest BCUT2D eigenvalue weighted by Gasteiger charge is -2.12. The van der Waals surface area contributed by atoms with E-state index in [0.29, 0.717) is 32.9 Å². The smallest absolute Gasteiger partial charge is 0.320 e. The van der Waals surface area contributed by atoms with E-state index in [9.17, 15) is 8.78 Å². The highest BCUT2D eigenvalue weighted by atomic mass is 32.2. The van der Waals surface area contributed by atoms with Crippen LogP contribution in [0.5, 0.6) is 0 Å². The van der Waals surface area contributed by atoms with Crippen LogP contribution >= 0.6 is 23.1 Å². The number of rotatable bonds is 7. The first-order valence-corrected chi connectivity index (χ1v) is 8.89. The van der Waals surface area contributed by atoms with E-state index in [2.05, 4.69) is 27.1 Å². The van der Waals surface area contributed by atoms with Crippen molar-refractivity contribution in [3.05, 3.63) is 42.7 Å². The molecule has 5 nitrogen and oxygen atoms in total. The standard InChI is InChI=1S/C15H15F2N5S2/c1-3-8-18-14-20-21-15(24-14)23-9(2)12-19-10-6-4-5-7-11(10)22(12)13(16)17/h3-7,9,13H,1,8H2,2H3,(H,18,20)/t9-/m0/s1. The molecule has 126 valence electrons. The van der Waals surface area contributed by atoms with Gasteiger partial charge in [0, 0.05) is 6.54 Å². The van der Waals surface area contributed by atoms with Gasteiger partial charge in [0.05, 0.1) is 16.3 Å². The number of para-hydroxylation sites is 2. The summed E-state index contributed by atoms with van der Waals surface area (Å²) in [6, 6.07) is 6.90. The van der Waals surface area contributed by atoms with Crippen LogP contribution in [0.1, 0.15) is 24.5 Å². The molecule has 0 saturated carbocycles. The van der Waals surface area contributed by atoms with Crippen molar-refractivity contribution in [2.75, 3.05) is 11.9 Å². The van der Waals surface area contributed by atoms with Gasteiger partial charge in [-0.15, -0.1) is 16.8 Å². The Kier molecular flexibility index (Phi) is 5.10. The fraction of sp³-hybridized carbons (Fsp3) is 0.267. The number of aromatic nitrogens is 4. The second-order valence-corrected chi connectivity index (χ2v) is 7.47. The second kappa shape index (κ2) is 7.27. The Morgan fingerprint density at radius 1 is 1.38 bits per heavy atom. The molecule has 0 unspecified atom stereocenters.